The number of benzene rings is 2. The van der Waals surface area contributed by atoms with Crippen LogP contribution in [-0.4, -0.2) is 0 Å². The first-order valence-corrected chi connectivity index (χ1v) is 5.69. The van der Waals surface area contributed by atoms with Gasteiger partial charge in [-0.15, -0.1) is 0 Å². The SMILES string of the molecule is N#Cc1cc(F)c(CNc2ccc(F)c(F)c2F)c(F)c1. The second-order valence-corrected chi connectivity index (χ2v) is 4.11. The Hall–Kier alpha value is -2.62. The van der Waals surface area contributed by atoms with Gasteiger partial charge < -0.3 is 5.32 Å². The van der Waals surface area contributed by atoms with Crippen molar-refractivity contribution in [1.29, 1.82) is 5.26 Å². The predicted octanol–water partition coefficient (Wildman–Crippen LogP) is 3.87. The average molecular weight is 298 g/mol. The van der Waals surface area contributed by atoms with Crippen LogP contribution in [0.4, 0.5) is 27.6 Å². The zero-order valence-corrected chi connectivity index (χ0v) is 10.4. The van der Waals surface area contributed by atoms with Crippen LogP contribution < -0.4 is 5.32 Å². The quantitative estimate of drug-likeness (QED) is 0.690. The van der Waals surface area contributed by atoms with E-state index in [0.717, 1.165) is 18.2 Å². The van der Waals surface area contributed by atoms with E-state index in [4.69, 9.17) is 5.26 Å². The van der Waals surface area contributed by atoms with E-state index >= 15 is 0 Å². The van der Waals surface area contributed by atoms with Crippen LogP contribution in [0.2, 0.25) is 0 Å². The van der Waals surface area contributed by atoms with Gasteiger partial charge in [0.2, 0.25) is 0 Å². The van der Waals surface area contributed by atoms with Gasteiger partial charge in [0.1, 0.15) is 11.6 Å². The van der Waals surface area contributed by atoms with E-state index in [-0.39, 0.29) is 5.56 Å². The molecular formula is C14H7F5N2. The Balaban J connectivity index is 2.25. The van der Waals surface area contributed by atoms with Crippen molar-refractivity contribution in [2.45, 2.75) is 6.54 Å². The molecule has 0 aliphatic carbocycles. The summed E-state index contributed by atoms with van der Waals surface area (Å²) in [7, 11) is 0. The first-order valence-electron chi connectivity index (χ1n) is 5.69. The molecule has 2 aromatic rings. The van der Waals surface area contributed by atoms with Gasteiger partial charge in [-0.25, -0.2) is 22.0 Å². The lowest BCUT2D eigenvalue weighted by Gasteiger charge is -2.10. The van der Waals surface area contributed by atoms with E-state index in [1.165, 1.54) is 0 Å². The summed E-state index contributed by atoms with van der Waals surface area (Å²) < 4.78 is 66.3. The fourth-order valence-electron chi connectivity index (χ4n) is 1.68. The Bertz CT molecular complexity index is 714. The van der Waals surface area contributed by atoms with Crippen LogP contribution in [0.3, 0.4) is 0 Å². The molecule has 0 spiro atoms. The Labute approximate surface area is 116 Å². The molecule has 0 fully saturated rings. The number of rotatable bonds is 3. The van der Waals surface area contributed by atoms with Crippen LogP contribution in [0.1, 0.15) is 11.1 Å². The zero-order chi connectivity index (χ0) is 15.6. The molecule has 0 saturated carbocycles. The second kappa shape index (κ2) is 5.79. The molecule has 0 amide bonds. The van der Waals surface area contributed by atoms with E-state index in [1.807, 2.05) is 0 Å². The van der Waals surface area contributed by atoms with Gasteiger partial charge in [0, 0.05) is 12.1 Å². The van der Waals surface area contributed by atoms with Gasteiger partial charge in [-0.1, -0.05) is 0 Å². The largest absolute Gasteiger partial charge is 0.378 e. The molecule has 0 aromatic heterocycles. The molecule has 0 aliphatic rings. The summed E-state index contributed by atoms with van der Waals surface area (Å²) in [6.45, 7) is -0.495. The van der Waals surface area contributed by atoms with Gasteiger partial charge in [0.25, 0.3) is 0 Å². The first-order chi connectivity index (χ1) is 9.93. The Morgan fingerprint density at radius 2 is 1.52 bits per heavy atom. The second-order valence-electron chi connectivity index (χ2n) is 4.11. The number of nitrogens with zero attached hydrogens (tertiary/aromatic N) is 1. The molecule has 2 aromatic carbocycles. The highest BCUT2D eigenvalue weighted by Gasteiger charge is 2.15. The minimum atomic E-state index is -1.68. The third-order valence-corrected chi connectivity index (χ3v) is 2.76. The molecule has 1 N–H and O–H groups in total. The van der Waals surface area contributed by atoms with Crippen LogP contribution in [0.5, 0.6) is 0 Å². The summed E-state index contributed by atoms with van der Waals surface area (Å²) in [5.41, 5.74) is -1.08. The van der Waals surface area contributed by atoms with Gasteiger partial charge >= 0.3 is 0 Å². The highest BCUT2D eigenvalue weighted by atomic mass is 19.2. The lowest BCUT2D eigenvalue weighted by Crippen LogP contribution is -2.07. The van der Waals surface area contributed by atoms with Crippen molar-refractivity contribution in [3.05, 3.63) is 64.5 Å². The van der Waals surface area contributed by atoms with Crippen molar-refractivity contribution < 1.29 is 22.0 Å². The van der Waals surface area contributed by atoms with E-state index in [0.29, 0.717) is 6.07 Å². The summed E-state index contributed by atoms with van der Waals surface area (Å²) in [6.07, 6.45) is 0. The third-order valence-electron chi connectivity index (χ3n) is 2.76. The van der Waals surface area contributed by atoms with Crippen LogP contribution >= 0.6 is 0 Å². The lowest BCUT2D eigenvalue weighted by molar-refractivity contribution is 0.448. The molecule has 2 rings (SSSR count). The van der Waals surface area contributed by atoms with Gasteiger partial charge in [-0.2, -0.15) is 5.26 Å². The third kappa shape index (κ3) is 2.94. The number of nitriles is 1. The van der Waals surface area contributed by atoms with E-state index in [1.54, 1.807) is 6.07 Å². The molecule has 0 bridgehead atoms. The fourth-order valence-corrected chi connectivity index (χ4v) is 1.68. The molecule has 0 radical (unpaired) electrons. The van der Waals surface area contributed by atoms with Crippen LogP contribution in [0.25, 0.3) is 0 Å². The Morgan fingerprint density at radius 1 is 0.905 bits per heavy atom. The van der Waals surface area contributed by atoms with Crippen molar-refractivity contribution in [2.24, 2.45) is 0 Å². The minimum Gasteiger partial charge on any atom is -0.378 e. The standard InChI is InChI=1S/C14H7F5N2/c15-9-1-2-12(14(19)13(9)18)21-6-8-10(16)3-7(5-20)4-11(8)17/h1-4,21H,6H2. The number of halogens is 5. The maximum atomic E-state index is 13.6. The lowest BCUT2D eigenvalue weighted by atomic mass is 10.1. The van der Waals surface area contributed by atoms with E-state index in [9.17, 15) is 22.0 Å². The Morgan fingerprint density at radius 3 is 2.10 bits per heavy atom. The minimum absolute atomic E-state index is 0.201. The van der Waals surface area contributed by atoms with Crippen molar-refractivity contribution >= 4 is 5.69 Å². The molecule has 7 heteroatoms. The zero-order valence-electron chi connectivity index (χ0n) is 10.4. The van der Waals surface area contributed by atoms with Crippen molar-refractivity contribution in [3.63, 3.8) is 0 Å². The first kappa shape index (κ1) is 14.8. The van der Waals surface area contributed by atoms with Crippen molar-refractivity contribution in [1.82, 2.24) is 0 Å². The van der Waals surface area contributed by atoms with Crippen molar-refractivity contribution in [2.75, 3.05) is 5.32 Å². The van der Waals surface area contributed by atoms with Crippen LogP contribution in [0.15, 0.2) is 24.3 Å². The summed E-state index contributed by atoms with van der Waals surface area (Å²) in [5.74, 6) is -6.52. The van der Waals surface area contributed by atoms with E-state index < -0.39 is 46.9 Å². The van der Waals surface area contributed by atoms with Gasteiger partial charge in [0.15, 0.2) is 17.5 Å². The summed E-state index contributed by atoms with van der Waals surface area (Å²) >= 11 is 0. The summed E-state index contributed by atoms with van der Waals surface area (Å²) in [6, 6.07) is 4.82. The number of anilines is 1. The molecule has 0 aliphatic heterocycles. The van der Waals surface area contributed by atoms with Crippen molar-refractivity contribution in [3.8, 4) is 6.07 Å². The predicted molar refractivity (Wildman–Crippen MR) is 64.7 cm³/mol. The normalized spacial score (nSPS) is 10.3. The molecule has 2 nitrogen and oxygen atoms in total. The molecule has 21 heavy (non-hydrogen) atoms. The molecule has 0 atom stereocenters. The maximum Gasteiger partial charge on any atom is 0.196 e. The highest BCUT2D eigenvalue weighted by molar-refractivity contribution is 5.46. The number of hydrogen-bond donors (Lipinski definition) is 1. The molecule has 108 valence electrons. The molecule has 0 unspecified atom stereocenters. The topological polar surface area (TPSA) is 35.8 Å². The average Bonchev–Trinajstić information content (AvgIpc) is 2.45. The van der Waals surface area contributed by atoms with Gasteiger partial charge in [-0.05, 0) is 24.3 Å². The number of nitrogens with one attached hydrogen (secondary N) is 1. The summed E-state index contributed by atoms with van der Waals surface area (Å²) in [5, 5.41) is 10.8. The summed E-state index contributed by atoms with van der Waals surface area (Å²) in [4.78, 5) is 0. The van der Waals surface area contributed by atoms with Crippen LogP contribution in [-0.2, 0) is 6.54 Å². The molecule has 0 saturated heterocycles. The molecule has 0 heterocycles. The Kier molecular flexibility index (Phi) is 4.08. The van der Waals surface area contributed by atoms with E-state index in [2.05, 4.69) is 5.32 Å². The monoisotopic (exact) mass is 298 g/mol. The number of hydrogen-bond acceptors (Lipinski definition) is 2. The fraction of sp³-hybridized carbons (Fsp3) is 0.0714. The van der Waals surface area contributed by atoms with Gasteiger partial charge in [0.05, 0.1) is 17.3 Å². The van der Waals surface area contributed by atoms with Crippen LogP contribution in [0, 0.1) is 40.4 Å². The van der Waals surface area contributed by atoms with Gasteiger partial charge in [-0.3, -0.25) is 0 Å². The highest BCUT2D eigenvalue weighted by Crippen LogP contribution is 2.22. The maximum absolute atomic E-state index is 13.6. The smallest absolute Gasteiger partial charge is 0.196 e. The molecular weight excluding hydrogens is 291 g/mol.